The van der Waals surface area contributed by atoms with Crippen LogP contribution < -0.4 is 49.5 Å². The minimum absolute atomic E-state index is 0.0844. The molecule has 0 aromatic rings. The molecule has 0 bridgehead atoms. The molecule has 0 saturated carbocycles. The Bertz CT molecular complexity index is 1490. The van der Waals surface area contributed by atoms with E-state index in [4.69, 9.17) is 22.9 Å². The predicted molar refractivity (Wildman–Crippen MR) is 218 cm³/mol. The van der Waals surface area contributed by atoms with E-state index in [1.807, 2.05) is 13.8 Å². The Balaban J connectivity index is 1.80. The van der Waals surface area contributed by atoms with Crippen molar-refractivity contribution < 1.29 is 33.6 Å². The second-order valence-electron chi connectivity index (χ2n) is 16.2. The third-order valence-corrected chi connectivity index (χ3v) is 10.7. The van der Waals surface area contributed by atoms with Crippen LogP contribution in [0.1, 0.15) is 98.3 Å². The highest BCUT2D eigenvalue weighted by Gasteiger charge is 2.42. The van der Waals surface area contributed by atoms with Gasteiger partial charge in [0.15, 0.2) is 11.9 Å². The molecular formula is C38H67N13O7. The molecule has 3 fully saturated rings. The lowest BCUT2D eigenvalue weighted by Crippen LogP contribution is -2.59. The Kier molecular flexibility index (Phi) is 19.1. The summed E-state index contributed by atoms with van der Waals surface area (Å²) in [5.74, 6) is -3.11. The molecule has 3 rings (SSSR count). The number of aldehydes is 1. The Morgan fingerprint density at radius 1 is 0.690 bits per heavy atom. The molecule has 0 aromatic heterocycles. The van der Waals surface area contributed by atoms with Crippen LogP contribution in [0.25, 0.3) is 0 Å². The summed E-state index contributed by atoms with van der Waals surface area (Å²) in [4.78, 5) is 105. The van der Waals surface area contributed by atoms with E-state index in [1.54, 1.807) is 13.8 Å². The van der Waals surface area contributed by atoms with Gasteiger partial charge in [0.1, 0.15) is 36.5 Å². The highest BCUT2D eigenvalue weighted by Crippen LogP contribution is 2.24. The average Bonchev–Trinajstić information content (AvgIpc) is 3.97. The summed E-state index contributed by atoms with van der Waals surface area (Å²) >= 11 is 0. The number of rotatable bonds is 22. The van der Waals surface area contributed by atoms with Crippen LogP contribution in [0.2, 0.25) is 0 Å². The van der Waals surface area contributed by atoms with Gasteiger partial charge in [-0.2, -0.15) is 0 Å². The summed E-state index contributed by atoms with van der Waals surface area (Å²) in [7, 11) is 0. The van der Waals surface area contributed by atoms with E-state index in [9.17, 15) is 33.6 Å². The van der Waals surface area contributed by atoms with Gasteiger partial charge in [-0.25, -0.2) is 0 Å². The number of nitrogens with one attached hydrogen (secondary N) is 5. The molecule has 0 aliphatic carbocycles. The monoisotopic (exact) mass is 818 g/mol. The minimum atomic E-state index is -1.09. The van der Waals surface area contributed by atoms with Crippen molar-refractivity contribution in [3.63, 3.8) is 0 Å². The summed E-state index contributed by atoms with van der Waals surface area (Å²) in [6.45, 7) is 9.12. The van der Waals surface area contributed by atoms with Crippen LogP contribution in [0.5, 0.6) is 0 Å². The molecule has 3 aliphatic rings. The van der Waals surface area contributed by atoms with Crippen molar-refractivity contribution in [3.05, 3.63) is 0 Å². The van der Waals surface area contributed by atoms with Crippen molar-refractivity contribution in [2.75, 3.05) is 32.7 Å². The number of carbonyl (C=O) groups is 7. The number of hydrogen-bond acceptors (Lipinski definition) is 10. The Morgan fingerprint density at radius 2 is 1.19 bits per heavy atom. The fourth-order valence-corrected chi connectivity index (χ4v) is 7.57. The van der Waals surface area contributed by atoms with Gasteiger partial charge in [0, 0.05) is 26.2 Å². The highest BCUT2D eigenvalue weighted by atomic mass is 16.2. The zero-order chi connectivity index (χ0) is 42.9. The normalized spacial score (nSPS) is 21.1. The number of aliphatic imine (C=N–C) groups is 2. The largest absolute Gasteiger partial charge is 0.370 e. The fraction of sp³-hybridized carbons (Fsp3) is 0.763. The molecule has 20 heteroatoms. The first kappa shape index (κ1) is 47.4. The molecular weight excluding hydrogens is 751 g/mol. The number of likely N-dealkylation sites (tertiary alicyclic amines) is 2. The highest BCUT2D eigenvalue weighted by molar-refractivity contribution is 5.97. The van der Waals surface area contributed by atoms with E-state index < -0.39 is 59.9 Å². The summed E-state index contributed by atoms with van der Waals surface area (Å²) in [6, 6.07) is -5.96. The zero-order valence-corrected chi connectivity index (χ0v) is 34.5. The molecule has 13 N–H and O–H groups in total. The predicted octanol–water partition coefficient (Wildman–Crippen LogP) is -2.33. The van der Waals surface area contributed by atoms with Crippen molar-refractivity contribution in [2.24, 2.45) is 44.8 Å². The van der Waals surface area contributed by atoms with Crippen molar-refractivity contribution in [1.29, 1.82) is 0 Å². The van der Waals surface area contributed by atoms with Gasteiger partial charge in [-0.05, 0) is 89.0 Å². The lowest BCUT2D eigenvalue weighted by molar-refractivity contribution is -0.145. The molecule has 20 nitrogen and oxygen atoms in total. The lowest BCUT2D eigenvalue weighted by atomic mass is 10.0. The smallest absolute Gasteiger partial charge is 0.245 e. The van der Waals surface area contributed by atoms with Gasteiger partial charge in [-0.1, -0.05) is 27.7 Å². The minimum Gasteiger partial charge on any atom is -0.370 e. The maximum absolute atomic E-state index is 14.3. The first-order valence-corrected chi connectivity index (χ1v) is 20.7. The molecule has 3 saturated heterocycles. The van der Waals surface area contributed by atoms with Crippen LogP contribution in [-0.4, -0.2) is 138 Å². The molecule has 0 unspecified atom stereocenters. The van der Waals surface area contributed by atoms with E-state index >= 15 is 0 Å². The fourth-order valence-electron chi connectivity index (χ4n) is 7.57. The van der Waals surface area contributed by atoms with Gasteiger partial charge in [0.2, 0.25) is 35.4 Å². The quantitative estimate of drug-likeness (QED) is 0.0241. The van der Waals surface area contributed by atoms with E-state index in [1.165, 1.54) is 9.80 Å². The van der Waals surface area contributed by atoms with Crippen LogP contribution in [0, 0.1) is 11.8 Å². The lowest BCUT2D eigenvalue weighted by Gasteiger charge is -2.32. The van der Waals surface area contributed by atoms with Crippen molar-refractivity contribution >= 4 is 53.6 Å². The number of nitrogens with two attached hydrogens (primary N) is 4. The van der Waals surface area contributed by atoms with E-state index in [2.05, 4.69) is 36.6 Å². The number of nitrogens with zero attached hydrogens (tertiary/aromatic N) is 4. The molecule has 0 radical (unpaired) electrons. The van der Waals surface area contributed by atoms with Gasteiger partial charge >= 0.3 is 0 Å². The second-order valence-corrected chi connectivity index (χ2v) is 16.2. The first-order chi connectivity index (χ1) is 27.5. The maximum atomic E-state index is 14.3. The van der Waals surface area contributed by atoms with Crippen LogP contribution >= 0.6 is 0 Å². The standard InChI is InChI=1S/C38H67N13O7/c1-22(2)20-27(48-31(53)24-10-5-15-43-24)36(58)51-19-9-14-30(51)34(56)47-26(12-7-17-45-38(41)42)35(57)50-18-8-13-29(50)33(55)46-25(11-6-16-44-37(39)40)32(54)49-28(21-52)23(3)4/h21-30,43H,5-20H2,1-4H3,(H,46,55)(H,47,56)(H,48,53)(H,49,54)(H4,39,40,44)(H4,41,42,45)/t24-,25-,26-,27-,28+,29-,30-/m0/s1. The van der Waals surface area contributed by atoms with Gasteiger partial charge in [0.05, 0.1) is 12.1 Å². The molecule has 0 spiro atoms. The SMILES string of the molecule is CC(C)C[C@H](NC(=O)[C@@H]1CCCN1)C(=O)N1CCC[C@H]1C(=O)N[C@@H](CCCN=C(N)N)C(=O)N1CCC[C@H]1C(=O)N[C@@H](CCCN=C(N)N)C(=O)N[C@H](C=O)C(C)C. The molecule has 58 heavy (non-hydrogen) atoms. The van der Waals surface area contributed by atoms with Crippen molar-refractivity contribution in [2.45, 2.75) is 141 Å². The zero-order valence-electron chi connectivity index (χ0n) is 34.5. The van der Waals surface area contributed by atoms with E-state index in [0.29, 0.717) is 64.2 Å². The van der Waals surface area contributed by atoms with E-state index in [-0.39, 0.29) is 74.1 Å². The topological polar surface area (TPSA) is 315 Å². The Labute approximate surface area is 341 Å². The molecule has 0 aromatic carbocycles. The van der Waals surface area contributed by atoms with Gasteiger partial charge in [-0.15, -0.1) is 0 Å². The third-order valence-electron chi connectivity index (χ3n) is 10.7. The number of amides is 6. The van der Waals surface area contributed by atoms with Crippen molar-refractivity contribution in [1.82, 2.24) is 36.4 Å². The molecule has 326 valence electrons. The van der Waals surface area contributed by atoms with Gasteiger partial charge < -0.3 is 64.1 Å². The third kappa shape index (κ3) is 14.4. The molecule has 3 heterocycles. The summed E-state index contributed by atoms with van der Waals surface area (Å²) in [5, 5.41) is 14.4. The van der Waals surface area contributed by atoms with Gasteiger partial charge in [0.25, 0.3) is 0 Å². The summed E-state index contributed by atoms with van der Waals surface area (Å²) < 4.78 is 0. The molecule has 6 amide bonds. The molecule has 7 atom stereocenters. The van der Waals surface area contributed by atoms with Crippen LogP contribution in [-0.2, 0) is 33.6 Å². The number of hydrogen-bond donors (Lipinski definition) is 9. The van der Waals surface area contributed by atoms with Gasteiger partial charge in [-0.3, -0.25) is 38.8 Å². The number of carbonyl (C=O) groups excluding carboxylic acids is 7. The van der Waals surface area contributed by atoms with Crippen molar-refractivity contribution in [3.8, 4) is 0 Å². The van der Waals surface area contributed by atoms with Crippen LogP contribution in [0.4, 0.5) is 0 Å². The van der Waals surface area contributed by atoms with Crippen LogP contribution in [0.15, 0.2) is 9.98 Å². The molecule has 3 aliphatic heterocycles. The summed E-state index contributed by atoms with van der Waals surface area (Å²) in [6.07, 6.45) is 5.22. The Morgan fingerprint density at radius 3 is 1.66 bits per heavy atom. The average molecular weight is 818 g/mol. The number of guanidine groups is 2. The maximum Gasteiger partial charge on any atom is 0.245 e. The van der Waals surface area contributed by atoms with Crippen LogP contribution in [0.3, 0.4) is 0 Å². The Hall–Kier alpha value is -5.01. The second kappa shape index (κ2) is 23.4. The summed E-state index contributed by atoms with van der Waals surface area (Å²) in [5.41, 5.74) is 21.9. The van der Waals surface area contributed by atoms with E-state index in [0.717, 1.165) is 13.0 Å². The first-order valence-electron chi connectivity index (χ1n) is 20.7.